The van der Waals surface area contributed by atoms with E-state index in [4.69, 9.17) is 9.52 Å². The van der Waals surface area contributed by atoms with E-state index >= 15 is 0 Å². The number of hydrogen-bond donors (Lipinski definition) is 1. The Kier molecular flexibility index (Phi) is 3.71. The second kappa shape index (κ2) is 5.64. The number of aliphatic carboxylic acids is 1. The van der Waals surface area contributed by atoms with Crippen molar-refractivity contribution < 1.29 is 14.3 Å². The normalized spacial score (nSPS) is 17.6. The lowest BCUT2D eigenvalue weighted by Crippen LogP contribution is -2.47. The van der Waals surface area contributed by atoms with Crippen molar-refractivity contribution in [1.82, 2.24) is 9.80 Å². The first-order chi connectivity index (χ1) is 9.70. The van der Waals surface area contributed by atoms with Gasteiger partial charge in [0.2, 0.25) is 0 Å². The van der Waals surface area contributed by atoms with Gasteiger partial charge in [0.15, 0.2) is 0 Å². The molecule has 1 saturated heterocycles. The minimum Gasteiger partial charge on any atom is -0.480 e. The molecule has 1 aromatic heterocycles. The molecule has 1 aromatic carbocycles. The summed E-state index contributed by atoms with van der Waals surface area (Å²) in [7, 11) is 0. The average Bonchev–Trinajstić information content (AvgIpc) is 2.82. The summed E-state index contributed by atoms with van der Waals surface area (Å²) in [6, 6.07) is 10.1. The summed E-state index contributed by atoms with van der Waals surface area (Å²) in [6.45, 7) is 4.28. The molecule has 0 spiro atoms. The quantitative estimate of drug-likeness (QED) is 0.918. The molecular formula is C15H18N2O3. The van der Waals surface area contributed by atoms with Crippen LogP contribution in [0.4, 0.5) is 0 Å². The van der Waals surface area contributed by atoms with Gasteiger partial charge >= 0.3 is 5.97 Å². The molecule has 5 heteroatoms. The molecule has 0 amide bonds. The van der Waals surface area contributed by atoms with Crippen molar-refractivity contribution in [3.8, 4) is 0 Å². The molecule has 0 bridgehead atoms. The van der Waals surface area contributed by atoms with E-state index < -0.39 is 5.97 Å². The van der Waals surface area contributed by atoms with Gasteiger partial charge < -0.3 is 9.52 Å². The third-order valence-corrected chi connectivity index (χ3v) is 3.68. The highest BCUT2D eigenvalue weighted by Gasteiger charge is 2.19. The molecule has 0 radical (unpaired) electrons. The number of rotatable bonds is 4. The van der Waals surface area contributed by atoms with E-state index in [9.17, 15) is 4.79 Å². The maximum Gasteiger partial charge on any atom is 0.317 e. The third-order valence-electron chi connectivity index (χ3n) is 3.68. The third kappa shape index (κ3) is 3.00. The highest BCUT2D eigenvalue weighted by molar-refractivity contribution is 5.77. The first kappa shape index (κ1) is 13.1. The molecule has 5 nitrogen and oxygen atoms in total. The maximum absolute atomic E-state index is 10.7. The van der Waals surface area contributed by atoms with Crippen molar-refractivity contribution in [2.45, 2.75) is 6.54 Å². The number of nitrogens with zero attached hydrogens (tertiary/aromatic N) is 2. The number of benzene rings is 1. The van der Waals surface area contributed by atoms with Crippen molar-refractivity contribution in [2.75, 3.05) is 32.7 Å². The van der Waals surface area contributed by atoms with Crippen molar-refractivity contribution >= 4 is 16.9 Å². The first-order valence-electron chi connectivity index (χ1n) is 6.85. The molecule has 1 fully saturated rings. The zero-order valence-corrected chi connectivity index (χ0v) is 11.3. The fourth-order valence-electron chi connectivity index (χ4n) is 2.63. The predicted molar refractivity (Wildman–Crippen MR) is 75.6 cm³/mol. The van der Waals surface area contributed by atoms with E-state index in [1.54, 1.807) is 0 Å². The lowest BCUT2D eigenvalue weighted by Gasteiger charge is -2.33. The zero-order valence-electron chi connectivity index (χ0n) is 11.3. The minimum atomic E-state index is -0.754. The molecule has 20 heavy (non-hydrogen) atoms. The van der Waals surface area contributed by atoms with Gasteiger partial charge in [-0.2, -0.15) is 0 Å². The Hall–Kier alpha value is -1.85. The second-order valence-electron chi connectivity index (χ2n) is 5.20. The van der Waals surface area contributed by atoms with Crippen molar-refractivity contribution in [3.63, 3.8) is 0 Å². The van der Waals surface area contributed by atoms with Gasteiger partial charge in [-0.3, -0.25) is 14.6 Å². The van der Waals surface area contributed by atoms with Crippen LogP contribution in [-0.4, -0.2) is 53.6 Å². The Bertz CT molecular complexity index is 567. The minimum absolute atomic E-state index is 0.137. The van der Waals surface area contributed by atoms with Gasteiger partial charge in [0.05, 0.1) is 13.1 Å². The molecule has 1 aliphatic heterocycles. The van der Waals surface area contributed by atoms with Crippen LogP contribution in [-0.2, 0) is 11.3 Å². The summed E-state index contributed by atoms with van der Waals surface area (Å²) in [5.74, 6) is 0.216. The first-order valence-corrected chi connectivity index (χ1v) is 6.85. The Morgan fingerprint density at radius 1 is 1.15 bits per heavy atom. The molecule has 2 heterocycles. The van der Waals surface area contributed by atoms with Crippen molar-refractivity contribution in [2.24, 2.45) is 0 Å². The topological polar surface area (TPSA) is 56.9 Å². The van der Waals surface area contributed by atoms with E-state index in [0.29, 0.717) is 0 Å². The zero-order chi connectivity index (χ0) is 13.9. The maximum atomic E-state index is 10.7. The standard InChI is InChI=1S/C15H18N2O3/c18-15(19)11-17-7-5-16(6-8-17)10-13-9-12-3-1-2-4-14(12)20-13/h1-4,9H,5-8,10-11H2,(H,18,19). The number of para-hydroxylation sites is 1. The van der Waals surface area contributed by atoms with Gasteiger partial charge in [-0.05, 0) is 12.1 Å². The Morgan fingerprint density at radius 3 is 2.55 bits per heavy atom. The van der Waals surface area contributed by atoms with Gasteiger partial charge in [0.1, 0.15) is 11.3 Å². The summed E-state index contributed by atoms with van der Waals surface area (Å²) >= 11 is 0. The van der Waals surface area contributed by atoms with E-state index in [-0.39, 0.29) is 6.54 Å². The number of carboxylic acids is 1. The summed E-state index contributed by atoms with van der Waals surface area (Å²) in [4.78, 5) is 14.9. The van der Waals surface area contributed by atoms with Crippen LogP contribution < -0.4 is 0 Å². The summed E-state index contributed by atoms with van der Waals surface area (Å²) < 4.78 is 5.81. The lowest BCUT2D eigenvalue weighted by molar-refractivity contribution is -0.138. The molecule has 3 rings (SSSR count). The van der Waals surface area contributed by atoms with Crippen LogP contribution in [0.15, 0.2) is 34.7 Å². The van der Waals surface area contributed by atoms with Crippen LogP contribution >= 0.6 is 0 Å². The lowest BCUT2D eigenvalue weighted by atomic mass is 10.2. The monoisotopic (exact) mass is 274 g/mol. The number of piperazine rings is 1. The molecule has 0 unspecified atom stereocenters. The van der Waals surface area contributed by atoms with Crippen LogP contribution in [0, 0.1) is 0 Å². The van der Waals surface area contributed by atoms with Gasteiger partial charge in [-0.15, -0.1) is 0 Å². The van der Waals surface area contributed by atoms with Gasteiger partial charge in [0, 0.05) is 31.6 Å². The van der Waals surface area contributed by atoms with Crippen LogP contribution in [0.25, 0.3) is 11.0 Å². The van der Waals surface area contributed by atoms with Crippen molar-refractivity contribution in [3.05, 3.63) is 36.1 Å². The Balaban J connectivity index is 1.58. The molecule has 106 valence electrons. The molecule has 0 atom stereocenters. The summed E-state index contributed by atoms with van der Waals surface area (Å²) in [5.41, 5.74) is 0.923. The van der Waals surface area contributed by atoms with Gasteiger partial charge in [-0.1, -0.05) is 18.2 Å². The van der Waals surface area contributed by atoms with Crippen LogP contribution in [0.5, 0.6) is 0 Å². The van der Waals surface area contributed by atoms with Gasteiger partial charge in [-0.25, -0.2) is 0 Å². The summed E-state index contributed by atoms with van der Waals surface area (Å²) in [5, 5.41) is 9.91. The summed E-state index contributed by atoms with van der Waals surface area (Å²) in [6.07, 6.45) is 0. The fourth-order valence-corrected chi connectivity index (χ4v) is 2.63. The van der Waals surface area contributed by atoms with E-state index in [1.165, 1.54) is 0 Å². The number of carboxylic acid groups (broad SMARTS) is 1. The fraction of sp³-hybridized carbons (Fsp3) is 0.400. The van der Waals surface area contributed by atoms with E-state index in [2.05, 4.69) is 11.0 Å². The van der Waals surface area contributed by atoms with Crippen molar-refractivity contribution in [1.29, 1.82) is 0 Å². The number of carbonyl (C=O) groups is 1. The average molecular weight is 274 g/mol. The smallest absolute Gasteiger partial charge is 0.317 e. The highest BCUT2D eigenvalue weighted by Crippen LogP contribution is 2.20. The van der Waals surface area contributed by atoms with Gasteiger partial charge in [0.25, 0.3) is 0 Å². The van der Waals surface area contributed by atoms with E-state index in [0.717, 1.165) is 49.5 Å². The molecular weight excluding hydrogens is 256 g/mol. The van der Waals surface area contributed by atoms with E-state index in [1.807, 2.05) is 29.2 Å². The Labute approximate surface area is 117 Å². The molecule has 1 aliphatic rings. The predicted octanol–water partition coefficient (Wildman–Crippen LogP) is 1.63. The number of hydrogen-bond acceptors (Lipinski definition) is 4. The largest absolute Gasteiger partial charge is 0.480 e. The molecule has 0 saturated carbocycles. The van der Waals surface area contributed by atoms with Crippen LogP contribution in [0.1, 0.15) is 5.76 Å². The molecule has 2 aromatic rings. The van der Waals surface area contributed by atoms with Crippen LogP contribution in [0.2, 0.25) is 0 Å². The number of fused-ring (bicyclic) bond motifs is 1. The highest BCUT2D eigenvalue weighted by atomic mass is 16.4. The number of furan rings is 1. The second-order valence-corrected chi connectivity index (χ2v) is 5.20. The molecule has 0 aliphatic carbocycles. The molecule has 1 N–H and O–H groups in total. The van der Waals surface area contributed by atoms with Crippen LogP contribution in [0.3, 0.4) is 0 Å². The Morgan fingerprint density at radius 2 is 1.85 bits per heavy atom. The SMILES string of the molecule is O=C(O)CN1CCN(Cc2cc3ccccc3o2)CC1.